The summed E-state index contributed by atoms with van der Waals surface area (Å²) in [6, 6.07) is 5.84. The van der Waals surface area contributed by atoms with E-state index in [1.54, 1.807) is 18.5 Å². The molecule has 0 aliphatic rings. The molecule has 0 saturated carbocycles. The average molecular weight is 257 g/mol. The van der Waals surface area contributed by atoms with Crippen LogP contribution in [-0.2, 0) is 0 Å². The number of H-pyrrole nitrogens is 1. The number of rotatable bonds is 2. The lowest BCUT2D eigenvalue weighted by molar-refractivity contribution is 1.12. The fourth-order valence-electron chi connectivity index (χ4n) is 1.84. The van der Waals surface area contributed by atoms with Gasteiger partial charge in [-0.2, -0.15) is 5.10 Å². The zero-order valence-corrected chi connectivity index (χ0v) is 10.1. The van der Waals surface area contributed by atoms with Crippen molar-refractivity contribution in [3.8, 4) is 11.3 Å². The molecule has 0 amide bonds. The van der Waals surface area contributed by atoms with Crippen LogP contribution in [-0.4, -0.2) is 20.2 Å². The number of benzene rings is 1. The Bertz CT molecular complexity index is 733. The Balaban J connectivity index is 2.31. The second-order valence-electron chi connectivity index (χ2n) is 3.77. The van der Waals surface area contributed by atoms with Gasteiger partial charge in [-0.3, -0.25) is 5.10 Å². The van der Waals surface area contributed by atoms with Crippen LogP contribution in [0.4, 0.5) is 0 Å². The summed E-state index contributed by atoms with van der Waals surface area (Å²) in [7, 11) is 0. The van der Waals surface area contributed by atoms with Crippen molar-refractivity contribution < 1.29 is 0 Å². The van der Waals surface area contributed by atoms with Gasteiger partial charge in [0.2, 0.25) is 0 Å². The third-order valence-corrected chi connectivity index (χ3v) is 2.96. The van der Waals surface area contributed by atoms with E-state index in [4.69, 9.17) is 11.6 Å². The van der Waals surface area contributed by atoms with E-state index in [9.17, 15) is 0 Å². The van der Waals surface area contributed by atoms with Gasteiger partial charge in [0.1, 0.15) is 0 Å². The molecule has 2 aromatic heterocycles. The van der Waals surface area contributed by atoms with Crippen LogP contribution < -0.4 is 0 Å². The standard InChI is InChI=1S/C13H9ClN4/c1-2-12-15-7-10(14)13(17-12)8-4-3-5-11-9(8)6-16-18-11/h2-7H,1H2,(H,16,18). The highest BCUT2D eigenvalue weighted by Crippen LogP contribution is 2.30. The molecule has 0 unspecified atom stereocenters. The molecule has 0 fully saturated rings. The van der Waals surface area contributed by atoms with Gasteiger partial charge in [0.25, 0.3) is 0 Å². The number of aromatic amines is 1. The van der Waals surface area contributed by atoms with Gasteiger partial charge < -0.3 is 0 Å². The summed E-state index contributed by atoms with van der Waals surface area (Å²) in [5, 5.41) is 8.44. The van der Waals surface area contributed by atoms with Gasteiger partial charge in [-0.25, -0.2) is 9.97 Å². The van der Waals surface area contributed by atoms with Gasteiger partial charge >= 0.3 is 0 Å². The third-order valence-electron chi connectivity index (χ3n) is 2.69. The Morgan fingerprint density at radius 2 is 2.17 bits per heavy atom. The molecular weight excluding hydrogens is 248 g/mol. The summed E-state index contributed by atoms with van der Waals surface area (Å²) in [6.07, 6.45) is 4.94. The van der Waals surface area contributed by atoms with Crippen molar-refractivity contribution in [2.24, 2.45) is 0 Å². The van der Waals surface area contributed by atoms with E-state index in [-0.39, 0.29) is 0 Å². The summed E-state index contributed by atoms with van der Waals surface area (Å²) < 4.78 is 0. The SMILES string of the molecule is C=Cc1ncc(Cl)c(-c2cccc3[nH]ncc23)n1. The number of fused-ring (bicyclic) bond motifs is 1. The normalized spacial score (nSPS) is 10.7. The van der Waals surface area contributed by atoms with Crippen molar-refractivity contribution in [3.05, 3.63) is 48.0 Å². The van der Waals surface area contributed by atoms with E-state index in [0.29, 0.717) is 16.5 Å². The van der Waals surface area contributed by atoms with E-state index in [1.807, 2.05) is 18.2 Å². The first kappa shape index (κ1) is 10.9. The maximum Gasteiger partial charge on any atom is 0.151 e. The molecule has 2 heterocycles. The quantitative estimate of drug-likeness (QED) is 0.765. The Hall–Kier alpha value is -2.20. The Morgan fingerprint density at radius 1 is 1.28 bits per heavy atom. The lowest BCUT2D eigenvalue weighted by atomic mass is 10.1. The maximum atomic E-state index is 6.17. The van der Waals surface area contributed by atoms with Crippen molar-refractivity contribution in [1.29, 1.82) is 0 Å². The number of nitrogens with zero attached hydrogens (tertiary/aromatic N) is 3. The number of hydrogen-bond acceptors (Lipinski definition) is 3. The van der Waals surface area contributed by atoms with Gasteiger partial charge in [0.15, 0.2) is 5.82 Å². The smallest absolute Gasteiger partial charge is 0.151 e. The summed E-state index contributed by atoms with van der Waals surface area (Å²) in [4.78, 5) is 8.45. The van der Waals surface area contributed by atoms with E-state index >= 15 is 0 Å². The number of nitrogens with one attached hydrogen (secondary N) is 1. The van der Waals surface area contributed by atoms with Gasteiger partial charge in [0, 0.05) is 10.9 Å². The summed E-state index contributed by atoms with van der Waals surface area (Å²) in [5.74, 6) is 0.551. The molecule has 88 valence electrons. The van der Waals surface area contributed by atoms with Gasteiger partial charge in [-0.05, 0) is 12.1 Å². The molecule has 5 heteroatoms. The van der Waals surface area contributed by atoms with Crippen LogP contribution in [0.15, 0.2) is 37.2 Å². The third kappa shape index (κ3) is 1.67. The molecule has 3 aromatic rings. The summed E-state index contributed by atoms with van der Waals surface area (Å²) >= 11 is 6.17. The monoisotopic (exact) mass is 256 g/mol. The fraction of sp³-hybridized carbons (Fsp3) is 0. The average Bonchev–Trinajstić information content (AvgIpc) is 2.87. The van der Waals surface area contributed by atoms with Crippen molar-refractivity contribution in [3.63, 3.8) is 0 Å². The minimum Gasteiger partial charge on any atom is -0.278 e. The van der Waals surface area contributed by atoms with Crippen molar-refractivity contribution >= 4 is 28.6 Å². The largest absolute Gasteiger partial charge is 0.278 e. The second kappa shape index (κ2) is 4.23. The van der Waals surface area contributed by atoms with E-state index in [1.165, 1.54) is 0 Å². The second-order valence-corrected chi connectivity index (χ2v) is 4.17. The molecule has 0 spiro atoms. The lowest BCUT2D eigenvalue weighted by Crippen LogP contribution is -1.92. The van der Waals surface area contributed by atoms with Crippen LogP contribution in [0, 0.1) is 0 Å². The van der Waals surface area contributed by atoms with Crippen LogP contribution in [0.25, 0.3) is 28.2 Å². The minimum atomic E-state index is 0.509. The molecule has 18 heavy (non-hydrogen) atoms. The highest BCUT2D eigenvalue weighted by atomic mass is 35.5. The highest BCUT2D eigenvalue weighted by molar-refractivity contribution is 6.33. The molecule has 0 atom stereocenters. The molecule has 0 aliphatic heterocycles. The van der Waals surface area contributed by atoms with Crippen LogP contribution in [0.1, 0.15) is 5.82 Å². The molecule has 4 nitrogen and oxygen atoms in total. The predicted molar refractivity (Wildman–Crippen MR) is 72.2 cm³/mol. The molecule has 0 saturated heterocycles. The van der Waals surface area contributed by atoms with Gasteiger partial charge in [0.05, 0.1) is 28.6 Å². The summed E-state index contributed by atoms with van der Waals surface area (Å²) in [5.41, 5.74) is 2.56. The molecule has 1 aromatic carbocycles. The van der Waals surface area contributed by atoms with Crippen LogP contribution in [0.3, 0.4) is 0 Å². The van der Waals surface area contributed by atoms with E-state index in [2.05, 4.69) is 26.7 Å². The highest BCUT2D eigenvalue weighted by Gasteiger charge is 2.11. The fourth-order valence-corrected chi connectivity index (χ4v) is 2.04. The van der Waals surface area contributed by atoms with E-state index < -0.39 is 0 Å². The van der Waals surface area contributed by atoms with Crippen molar-refractivity contribution in [2.75, 3.05) is 0 Å². The molecule has 0 aliphatic carbocycles. The predicted octanol–water partition coefficient (Wildman–Crippen LogP) is 3.32. The molecule has 1 N–H and O–H groups in total. The van der Waals surface area contributed by atoms with Gasteiger partial charge in [-0.15, -0.1) is 0 Å². The van der Waals surface area contributed by atoms with Crippen LogP contribution >= 0.6 is 11.6 Å². The first-order valence-electron chi connectivity index (χ1n) is 5.37. The maximum absolute atomic E-state index is 6.17. The summed E-state index contributed by atoms with van der Waals surface area (Å²) in [6.45, 7) is 3.66. The molecule has 0 bridgehead atoms. The topological polar surface area (TPSA) is 54.5 Å². The Labute approximate surface area is 108 Å². The molecule has 0 radical (unpaired) electrons. The zero-order valence-electron chi connectivity index (χ0n) is 9.39. The number of halogens is 1. The number of aromatic nitrogens is 4. The van der Waals surface area contributed by atoms with Crippen molar-refractivity contribution in [1.82, 2.24) is 20.2 Å². The molecular formula is C13H9ClN4. The first-order chi connectivity index (χ1) is 8.79. The number of hydrogen-bond donors (Lipinski definition) is 1. The zero-order chi connectivity index (χ0) is 12.5. The lowest BCUT2D eigenvalue weighted by Gasteiger charge is -2.05. The van der Waals surface area contributed by atoms with Crippen LogP contribution in [0.5, 0.6) is 0 Å². The first-order valence-corrected chi connectivity index (χ1v) is 5.75. The van der Waals surface area contributed by atoms with Crippen molar-refractivity contribution in [2.45, 2.75) is 0 Å². The molecule has 3 rings (SSSR count). The van der Waals surface area contributed by atoms with Gasteiger partial charge in [-0.1, -0.05) is 30.3 Å². The van der Waals surface area contributed by atoms with E-state index in [0.717, 1.165) is 16.5 Å². The minimum absolute atomic E-state index is 0.509. The Morgan fingerprint density at radius 3 is 3.00 bits per heavy atom. The van der Waals surface area contributed by atoms with Crippen LogP contribution in [0.2, 0.25) is 5.02 Å². The Kier molecular flexibility index (Phi) is 2.57.